The molecule has 1 amide bonds. The fourth-order valence-corrected chi connectivity index (χ4v) is 1.13. The third-order valence-corrected chi connectivity index (χ3v) is 1.80. The van der Waals surface area contributed by atoms with E-state index in [0.29, 0.717) is 12.3 Å². The number of hydrogen-bond donors (Lipinski definition) is 0. The number of hydrogen-bond acceptors (Lipinski definition) is 2. The number of amides is 1. The highest BCUT2D eigenvalue weighted by atomic mass is 16.2. The molecule has 0 radical (unpaired) electrons. The van der Waals surface area contributed by atoms with Gasteiger partial charge in [-0.25, -0.2) is 5.01 Å². The fraction of sp³-hybridized carbons (Fsp3) is 0.778. The molecule has 0 atom stereocenters. The zero-order chi connectivity index (χ0) is 8.97. The Morgan fingerprint density at radius 1 is 1.50 bits per heavy atom. The molecule has 68 valence electrons. The van der Waals surface area contributed by atoms with Gasteiger partial charge in [0, 0.05) is 19.2 Å². The van der Waals surface area contributed by atoms with Crippen molar-refractivity contribution in [2.45, 2.75) is 33.1 Å². The normalized spacial score (nSPS) is 19.6. The van der Waals surface area contributed by atoms with E-state index in [1.165, 1.54) is 0 Å². The van der Waals surface area contributed by atoms with Gasteiger partial charge in [0.05, 0.1) is 0 Å². The van der Waals surface area contributed by atoms with Crippen molar-refractivity contribution in [2.75, 3.05) is 6.54 Å². The first-order chi connectivity index (χ1) is 5.70. The zero-order valence-electron chi connectivity index (χ0n) is 7.79. The third-order valence-electron chi connectivity index (χ3n) is 1.80. The van der Waals surface area contributed by atoms with Crippen LogP contribution in [0.4, 0.5) is 0 Å². The molecule has 0 aromatic rings. The molecule has 0 aromatic carbocycles. The standard InChI is InChI=1S/C9H16N2O/c1-8(2)7-10-11-6-4-3-5-9(11)12/h7-8H,3-6H2,1-2H3/b10-7+. The SMILES string of the molecule is CC(C)/C=N/N1CCCCC1=O. The van der Waals surface area contributed by atoms with Crippen molar-refractivity contribution in [2.24, 2.45) is 11.0 Å². The second-order valence-corrected chi connectivity index (χ2v) is 3.48. The monoisotopic (exact) mass is 168 g/mol. The van der Waals surface area contributed by atoms with E-state index < -0.39 is 0 Å². The molecular formula is C9H16N2O. The van der Waals surface area contributed by atoms with Crippen LogP contribution in [-0.2, 0) is 4.79 Å². The van der Waals surface area contributed by atoms with Crippen LogP contribution in [0.5, 0.6) is 0 Å². The maximum absolute atomic E-state index is 11.2. The number of carbonyl (C=O) groups is 1. The minimum atomic E-state index is 0.165. The van der Waals surface area contributed by atoms with E-state index in [2.05, 4.69) is 18.9 Å². The van der Waals surface area contributed by atoms with Crippen LogP contribution in [0.15, 0.2) is 5.10 Å². The van der Waals surface area contributed by atoms with Crippen LogP contribution in [0, 0.1) is 5.92 Å². The van der Waals surface area contributed by atoms with Gasteiger partial charge in [0.25, 0.3) is 0 Å². The van der Waals surface area contributed by atoms with Gasteiger partial charge in [-0.3, -0.25) is 4.79 Å². The van der Waals surface area contributed by atoms with E-state index in [-0.39, 0.29) is 5.91 Å². The van der Waals surface area contributed by atoms with Gasteiger partial charge in [-0.05, 0) is 18.8 Å². The molecule has 0 unspecified atom stereocenters. The summed E-state index contributed by atoms with van der Waals surface area (Å²) in [6, 6.07) is 0. The summed E-state index contributed by atoms with van der Waals surface area (Å²) in [7, 11) is 0. The highest BCUT2D eigenvalue weighted by molar-refractivity contribution is 5.77. The minimum absolute atomic E-state index is 0.165. The van der Waals surface area contributed by atoms with Crippen molar-refractivity contribution < 1.29 is 4.79 Å². The largest absolute Gasteiger partial charge is 0.273 e. The Labute approximate surface area is 73.4 Å². The lowest BCUT2D eigenvalue weighted by atomic mass is 10.1. The first-order valence-electron chi connectivity index (χ1n) is 4.54. The van der Waals surface area contributed by atoms with E-state index in [0.717, 1.165) is 19.4 Å². The number of hydrazone groups is 1. The van der Waals surface area contributed by atoms with Crippen LogP contribution in [-0.4, -0.2) is 23.7 Å². The van der Waals surface area contributed by atoms with E-state index in [1.54, 1.807) is 5.01 Å². The average Bonchev–Trinajstić information content (AvgIpc) is 2.03. The van der Waals surface area contributed by atoms with Crippen molar-refractivity contribution in [3.05, 3.63) is 0 Å². The van der Waals surface area contributed by atoms with Crippen molar-refractivity contribution in [1.29, 1.82) is 0 Å². The van der Waals surface area contributed by atoms with E-state index >= 15 is 0 Å². The second kappa shape index (κ2) is 4.24. The molecule has 1 rings (SSSR count). The average molecular weight is 168 g/mol. The summed E-state index contributed by atoms with van der Waals surface area (Å²) < 4.78 is 0. The maximum Gasteiger partial charge on any atom is 0.242 e. The van der Waals surface area contributed by atoms with Gasteiger partial charge in [0.1, 0.15) is 0 Å². The quantitative estimate of drug-likeness (QED) is 0.577. The highest BCUT2D eigenvalue weighted by Crippen LogP contribution is 2.10. The van der Waals surface area contributed by atoms with Gasteiger partial charge in [-0.2, -0.15) is 5.10 Å². The van der Waals surface area contributed by atoms with Gasteiger partial charge in [-0.1, -0.05) is 13.8 Å². The molecule has 0 bridgehead atoms. The smallest absolute Gasteiger partial charge is 0.242 e. The summed E-state index contributed by atoms with van der Waals surface area (Å²) in [5.41, 5.74) is 0. The lowest BCUT2D eigenvalue weighted by molar-refractivity contribution is -0.133. The van der Waals surface area contributed by atoms with Crippen molar-refractivity contribution in [3.8, 4) is 0 Å². The summed E-state index contributed by atoms with van der Waals surface area (Å²) in [5.74, 6) is 0.581. The van der Waals surface area contributed by atoms with Gasteiger partial charge < -0.3 is 0 Å². The van der Waals surface area contributed by atoms with Gasteiger partial charge in [0.2, 0.25) is 5.91 Å². The Kier molecular flexibility index (Phi) is 3.26. The number of rotatable bonds is 2. The minimum Gasteiger partial charge on any atom is -0.273 e. The summed E-state index contributed by atoms with van der Waals surface area (Å²) in [4.78, 5) is 11.2. The lowest BCUT2D eigenvalue weighted by Crippen LogP contribution is -2.30. The Bertz CT molecular complexity index is 187. The summed E-state index contributed by atoms with van der Waals surface area (Å²) in [6.07, 6.45) is 4.59. The molecule has 0 spiro atoms. The molecular weight excluding hydrogens is 152 g/mol. The molecule has 3 heteroatoms. The summed E-state index contributed by atoms with van der Waals surface area (Å²) in [5, 5.41) is 5.71. The molecule has 0 aromatic heterocycles. The Hall–Kier alpha value is -0.860. The summed E-state index contributed by atoms with van der Waals surface area (Å²) >= 11 is 0. The molecule has 12 heavy (non-hydrogen) atoms. The predicted octanol–water partition coefficient (Wildman–Crippen LogP) is 1.64. The van der Waals surface area contributed by atoms with Crippen LogP contribution < -0.4 is 0 Å². The third kappa shape index (κ3) is 2.64. The predicted molar refractivity (Wildman–Crippen MR) is 48.9 cm³/mol. The van der Waals surface area contributed by atoms with Crippen molar-refractivity contribution >= 4 is 12.1 Å². The first kappa shape index (κ1) is 9.23. The van der Waals surface area contributed by atoms with Gasteiger partial charge in [0.15, 0.2) is 0 Å². The Balaban J connectivity index is 2.44. The molecule has 1 aliphatic heterocycles. The van der Waals surface area contributed by atoms with E-state index in [4.69, 9.17) is 0 Å². The van der Waals surface area contributed by atoms with Crippen LogP contribution in [0.2, 0.25) is 0 Å². The summed E-state index contributed by atoms with van der Waals surface area (Å²) in [6.45, 7) is 4.90. The fourth-order valence-electron chi connectivity index (χ4n) is 1.13. The maximum atomic E-state index is 11.2. The molecule has 3 nitrogen and oxygen atoms in total. The molecule has 0 N–H and O–H groups in total. The van der Waals surface area contributed by atoms with Crippen molar-refractivity contribution in [3.63, 3.8) is 0 Å². The van der Waals surface area contributed by atoms with Crippen LogP contribution in [0.25, 0.3) is 0 Å². The molecule has 1 heterocycles. The van der Waals surface area contributed by atoms with Gasteiger partial charge >= 0.3 is 0 Å². The molecule has 1 aliphatic rings. The molecule has 0 aliphatic carbocycles. The topological polar surface area (TPSA) is 32.7 Å². The van der Waals surface area contributed by atoms with Crippen LogP contribution in [0.3, 0.4) is 0 Å². The number of nitrogens with zero attached hydrogens (tertiary/aromatic N) is 2. The molecule has 1 fully saturated rings. The van der Waals surface area contributed by atoms with Gasteiger partial charge in [-0.15, -0.1) is 0 Å². The van der Waals surface area contributed by atoms with E-state index in [9.17, 15) is 4.79 Å². The lowest BCUT2D eigenvalue weighted by Gasteiger charge is -2.21. The Morgan fingerprint density at radius 2 is 2.25 bits per heavy atom. The second-order valence-electron chi connectivity index (χ2n) is 3.48. The zero-order valence-corrected chi connectivity index (χ0v) is 7.79. The first-order valence-corrected chi connectivity index (χ1v) is 4.54. The Morgan fingerprint density at radius 3 is 2.83 bits per heavy atom. The number of piperidine rings is 1. The van der Waals surface area contributed by atoms with Crippen molar-refractivity contribution in [1.82, 2.24) is 5.01 Å². The van der Waals surface area contributed by atoms with Crippen LogP contribution >= 0.6 is 0 Å². The van der Waals surface area contributed by atoms with E-state index in [1.807, 2.05) is 6.21 Å². The molecule has 1 saturated heterocycles. The molecule has 0 saturated carbocycles. The highest BCUT2D eigenvalue weighted by Gasteiger charge is 2.16. The van der Waals surface area contributed by atoms with Crippen LogP contribution in [0.1, 0.15) is 33.1 Å². The number of carbonyl (C=O) groups excluding carboxylic acids is 1.